The minimum absolute atomic E-state index is 0.0919. The minimum atomic E-state index is -3.55. The highest BCUT2D eigenvalue weighted by atomic mass is 32.2. The maximum atomic E-state index is 13.0. The van der Waals surface area contributed by atoms with Crippen molar-refractivity contribution >= 4 is 15.9 Å². The molecule has 1 aliphatic rings. The van der Waals surface area contributed by atoms with Crippen molar-refractivity contribution in [1.82, 2.24) is 9.21 Å². The Bertz CT molecular complexity index is 994. The molecule has 0 aromatic heterocycles. The highest BCUT2D eigenvalue weighted by molar-refractivity contribution is 7.89. The van der Waals surface area contributed by atoms with Crippen molar-refractivity contribution in [2.45, 2.75) is 45.1 Å². The highest BCUT2D eigenvalue weighted by Crippen LogP contribution is 2.23. The molecule has 1 heterocycles. The Morgan fingerprint density at radius 2 is 1.57 bits per heavy atom. The fourth-order valence-electron chi connectivity index (χ4n) is 3.51. The number of piperazine rings is 1. The standard InChI is InChI=1S/C23H30N2O4S/c1-5-21(29-22-16-18(3)6-9-19(22)4)23(26)24-12-14-25(15-13-24)30(27,28)20-10-7-17(2)8-11-20/h6-11,16,21H,5,12-15H2,1-4H3. The van der Waals surface area contributed by atoms with Crippen LogP contribution in [-0.4, -0.2) is 55.8 Å². The molecule has 0 saturated carbocycles. The van der Waals surface area contributed by atoms with E-state index in [0.29, 0.717) is 19.5 Å². The van der Waals surface area contributed by atoms with Gasteiger partial charge in [-0.1, -0.05) is 36.8 Å². The van der Waals surface area contributed by atoms with Gasteiger partial charge in [0.15, 0.2) is 6.10 Å². The average Bonchev–Trinajstić information content (AvgIpc) is 2.74. The molecule has 30 heavy (non-hydrogen) atoms. The SMILES string of the molecule is CCC(Oc1cc(C)ccc1C)C(=O)N1CCN(S(=O)(=O)c2ccc(C)cc2)CC1. The van der Waals surface area contributed by atoms with Gasteiger partial charge < -0.3 is 9.64 Å². The zero-order valence-electron chi connectivity index (χ0n) is 18.1. The Morgan fingerprint density at radius 1 is 0.967 bits per heavy atom. The number of hydrogen-bond donors (Lipinski definition) is 0. The van der Waals surface area contributed by atoms with Crippen LogP contribution in [0.15, 0.2) is 47.4 Å². The molecule has 3 rings (SSSR count). The zero-order valence-corrected chi connectivity index (χ0v) is 18.9. The van der Waals surface area contributed by atoms with Crippen molar-refractivity contribution in [2.75, 3.05) is 26.2 Å². The normalized spacial score (nSPS) is 16.3. The quantitative estimate of drug-likeness (QED) is 0.705. The third kappa shape index (κ3) is 4.84. The number of nitrogens with zero attached hydrogens (tertiary/aromatic N) is 2. The first-order valence-corrected chi connectivity index (χ1v) is 11.8. The first-order chi connectivity index (χ1) is 14.2. The maximum Gasteiger partial charge on any atom is 0.263 e. The average molecular weight is 431 g/mol. The van der Waals surface area contributed by atoms with Crippen molar-refractivity contribution in [3.8, 4) is 5.75 Å². The number of aryl methyl sites for hydroxylation is 3. The number of carbonyl (C=O) groups is 1. The molecule has 1 fully saturated rings. The van der Waals surface area contributed by atoms with E-state index < -0.39 is 16.1 Å². The topological polar surface area (TPSA) is 66.9 Å². The van der Waals surface area contributed by atoms with Crippen LogP contribution >= 0.6 is 0 Å². The first kappa shape index (κ1) is 22.3. The number of rotatable bonds is 6. The van der Waals surface area contributed by atoms with Gasteiger partial charge in [-0.05, 0) is 56.5 Å². The van der Waals surface area contributed by atoms with E-state index in [4.69, 9.17) is 4.74 Å². The summed E-state index contributed by atoms with van der Waals surface area (Å²) in [7, 11) is -3.55. The molecular formula is C23H30N2O4S. The van der Waals surface area contributed by atoms with Crippen molar-refractivity contribution in [2.24, 2.45) is 0 Å². The van der Waals surface area contributed by atoms with Crippen LogP contribution in [0.2, 0.25) is 0 Å². The lowest BCUT2D eigenvalue weighted by Gasteiger charge is -2.35. The van der Waals surface area contributed by atoms with E-state index in [9.17, 15) is 13.2 Å². The van der Waals surface area contributed by atoms with Crippen LogP contribution in [0.1, 0.15) is 30.0 Å². The Morgan fingerprint density at radius 3 is 2.17 bits per heavy atom. The summed E-state index contributed by atoms with van der Waals surface area (Å²) in [5.74, 6) is 0.626. The molecule has 0 bridgehead atoms. The van der Waals surface area contributed by atoms with E-state index in [0.717, 1.165) is 22.4 Å². The molecule has 2 aromatic rings. The Kier molecular flexibility index (Phi) is 6.83. The Hall–Kier alpha value is -2.38. The van der Waals surface area contributed by atoms with E-state index in [2.05, 4.69) is 0 Å². The number of benzene rings is 2. The smallest absolute Gasteiger partial charge is 0.263 e. The predicted molar refractivity (Wildman–Crippen MR) is 117 cm³/mol. The molecule has 1 aliphatic heterocycles. The van der Waals surface area contributed by atoms with Gasteiger partial charge in [0, 0.05) is 26.2 Å². The molecule has 0 aliphatic carbocycles. The van der Waals surface area contributed by atoms with Gasteiger partial charge in [0.2, 0.25) is 10.0 Å². The maximum absolute atomic E-state index is 13.0. The second-order valence-electron chi connectivity index (χ2n) is 7.83. The summed E-state index contributed by atoms with van der Waals surface area (Å²) in [6.45, 7) is 9.07. The summed E-state index contributed by atoms with van der Waals surface area (Å²) < 4.78 is 33.2. The van der Waals surface area contributed by atoms with Gasteiger partial charge in [0.25, 0.3) is 5.91 Å². The number of carbonyl (C=O) groups excluding carboxylic acids is 1. The number of amides is 1. The van der Waals surface area contributed by atoms with Gasteiger partial charge >= 0.3 is 0 Å². The lowest BCUT2D eigenvalue weighted by molar-refractivity contribution is -0.140. The molecule has 162 valence electrons. The summed E-state index contributed by atoms with van der Waals surface area (Å²) >= 11 is 0. The molecule has 0 spiro atoms. The third-order valence-corrected chi connectivity index (χ3v) is 7.38. The number of ether oxygens (including phenoxy) is 1. The number of hydrogen-bond acceptors (Lipinski definition) is 4. The second-order valence-corrected chi connectivity index (χ2v) is 9.76. The first-order valence-electron chi connectivity index (χ1n) is 10.3. The van der Waals surface area contributed by atoms with Crippen LogP contribution < -0.4 is 4.74 Å². The fraction of sp³-hybridized carbons (Fsp3) is 0.435. The van der Waals surface area contributed by atoms with Gasteiger partial charge in [0.1, 0.15) is 5.75 Å². The lowest BCUT2D eigenvalue weighted by Crippen LogP contribution is -2.53. The van der Waals surface area contributed by atoms with Crippen LogP contribution in [0.4, 0.5) is 0 Å². The van der Waals surface area contributed by atoms with Gasteiger partial charge in [-0.25, -0.2) is 8.42 Å². The van der Waals surface area contributed by atoms with Crippen molar-refractivity contribution in [3.63, 3.8) is 0 Å². The van der Waals surface area contributed by atoms with Crippen LogP contribution in [0, 0.1) is 20.8 Å². The summed E-state index contributed by atoms with van der Waals surface area (Å²) in [4.78, 5) is 15.0. The molecule has 1 unspecified atom stereocenters. The summed E-state index contributed by atoms with van der Waals surface area (Å²) in [6.07, 6.45) is -0.0283. The van der Waals surface area contributed by atoms with Gasteiger partial charge in [-0.2, -0.15) is 4.31 Å². The summed E-state index contributed by atoms with van der Waals surface area (Å²) in [5, 5.41) is 0. The molecule has 0 radical (unpaired) electrons. The van der Waals surface area contributed by atoms with Gasteiger partial charge in [-0.3, -0.25) is 4.79 Å². The second kappa shape index (κ2) is 9.18. The molecule has 7 heteroatoms. The van der Waals surface area contributed by atoms with Crippen LogP contribution in [0.3, 0.4) is 0 Å². The van der Waals surface area contributed by atoms with Crippen molar-refractivity contribution in [3.05, 3.63) is 59.2 Å². The van der Waals surface area contributed by atoms with E-state index in [1.54, 1.807) is 29.2 Å². The molecule has 1 saturated heterocycles. The Labute approximate surface area is 179 Å². The van der Waals surface area contributed by atoms with E-state index >= 15 is 0 Å². The van der Waals surface area contributed by atoms with Crippen LogP contribution in [0.25, 0.3) is 0 Å². The lowest BCUT2D eigenvalue weighted by atomic mass is 10.1. The van der Waals surface area contributed by atoms with E-state index in [1.807, 2.05) is 45.9 Å². The molecule has 2 aromatic carbocycles. The van der Waals surface area contributed by atoms with E-state index in [-0.39, 0.29) is 23.9 Å². The fourth-order valence-corrected chi connectivity index (χ4v) is 4.93. The molecule has 0 N–H and O–H groups in total. The number of sulfonamides is 1. The Balaban J connectivity index is 1.65. The van der Waals surface area contributed by atoms with Crippen molar-refractivity contribution in [1.29, 1.82) is 0 Å². The molecule has 6 nitrogen and oxygen atoms in total. The van der Waals surface area contributed by atoms with Crippen LogP contribution in [0.5, 0.6) is 5.75 Å². The summed E-state index contributed by atoms with van der Waals surface area (Å²) in [5.41, 5.74) is 3.08. The van der Waals surface area contributed by atoms with Gasteiger partial charge in [0.05, 0.1) is 4.90 Å². The molecule has 1 amide bonds. The molecule has 1 atom stereocenters. The van der Waals surface area contributed by atoms with Crippen LogP contribution in [-0.2, 0) is 14.8 Å². The predicted octanol–water partition coefficient (Wildman–Crippen LogP) is 3.30. The monoisotopic (exact) mass is 430 g/mol. The summed E-state index contributed by atoms with van der Waals surface area (Å²) in [6, 6.07) is 12.8. The third-order valence-electron chi connectivity index (χ3n) is 5.47. The minimum Gasteiger partial charge on any atom is -0.480 e. The highest BCUT2D eigenvalue weighted by Gasteiger charge is 2.33. The van der Waals surface area contributed by atoms with Crippen molar-refractivity contribution < 1.29 is 17.9 Å². The van der Waals surface area contributed by atoms with E-state index in [1.165, 1.54) is 4.31 Å². The van der Waals surface area contributed by atoms with Gasteiger partial charge in [-0.15, -0.1) is 0 Å². The zero-order chi connectivity index (χ0) is 21.9. The molecular weight excluding hydrogens is 400 g/mol. The largest absolute Gasteiger partial charge is 0.480 e.